The first kappa shape index (κ1) is 21.9. The highest BCUT2D eigenvalue weighted by atomic mass is 16.6. The lowest BCUT2D eigenvalue weighted by Crippen LogP contribution is -2.24. The van der Waals surface area contributed by atoms with E-state index in [4.69, 9.17) is 10.5 Å². The highest BCUT2D eigenvalue weighted by Gasteiger charge is 2.29. The smallest absolute Gasteiger partial charge is 0.343 e. The van der Waals surface area contributed by atoms with Crippen LogP contribution < -0.4 is 10.5 Å². The number of hydrogen-bond acceptors (Lipinski definition) is 5. The number of nitrogens with two attached hydrogens (primary N) is 1. The molecule has 162 valence electrons. The van der Waals surface area contributed by atoms with E-state index >= 15 is 0 Å². The number of fused-ring (bicyclic) bond motifs is 1. The van der Waals surface area contributed by atoms with Crippen molar-refractivity contribution in [3.05, 3.63) is 35.2 Å². The van der Waals surface area contributed by atoms with E-state index in [1.807, 2.05) is 23.6 Å². The largest absolute Gasteiger partial charge is 0.480 e. The number of rotatable bonds is 8. The molecule has 0 aliphatic heterocycles. The molecule has 0 radical (unpaired) electrons. The monoisotopic (exact) mass is 414 g/mol. The SMILES string of the molecule is CCc1c(C(=O)C(N)=O)c2c(OCC(=O)OC)cccn2c1CC1CCCCCC1. The van der Waals surface area contributed by atoms with Gasteiger partial charge in [-0.1, -0.05) is 45.4 Å². The zero-order valence-corrected chi connectivity index (χ0v) is 17.7. The van der Waals surface area contributed by atoms with Crippen LogP contribution in [0, 0.1) is 5.92 Å². The van der Waals surface area contributed by atoms with Gasteiger partial charge in [0.2, 0.25) is 0 Å². The molecular formula is C23H30N2O5. The first-order valence-electron chi connectivity index (χ1n) is 10.7. The van der Waals surface area contributed by atoms with Gasteiger partial charge in [0.05, 0.1) is 18.2 Å². The Morgan fingerprint density at radius 2 is 1.87 bits per heavy atom. The summed E-state index contributed by atoms with van der Waals surface area (Å²) >= 11 is 0. The third kappa shape index (κ3) is 4.50. The van der Waals surface area contributed by atoms with Gasteiger partial charge in [0, 0.05) is 11.9 Å². The minimum atomic E-state index is -0.999. The lowest BCUT2D eigenvalue weighted by molar-refractivity contribution is -0.142. The van der Waals surface area contributed by atoms with E-state index < -0.39 is 17.7 Å². The molecule has 2 heterocycles. The summed E-state index contributed by atoms with van der Waals surface area (Å²) in [4.78, 5) is 36.2. The van der Waals surface area contributed by atoms with Gasteiger partial charge >= 0.3 is 5.97 Å². The molecule has 7 nitrogen and oxygen atoms in total. The summed E-state index contributed by atoms with van der Waals surface area (Å²) in [5.74, 6) is -1.37. The number of pyridine rings is 1. The van der Waals surface area contributed by atoms with Crippen LogP contribution in [0.1, 0.15) is 67.1 Å². The number of hydrogen-bond donors (Lipinski definition) is 1. The molecule has 0 atom stereocenters. The molecule has 1 aliphatic carbocycles. The van der Waals surface area contributed by atoms with Crippen LogP contribution in [0.5, 0.6) is 5.75 Å². The molecule has 0 saturated heterocycles. The quantitative estimate of drug-likeness (QED) is 0.309. The highest BCUT2D eigenvalue weighted by molar-refractivity contribution is 6.44. The number of esters is 1. The maximum absolute atomic E-state index is 12.8. The van der Waals surface area contributed by atoms with Gasteiger partial charge in [0.1, 0.15) is 5.75 Å². The summed E-state index contributed by atoms with van der Waals surface area (Å²) in [6.45, 7) is 1.68. The Labute approximate surface area is 176 Å². The summed E-state index contributed by atoms with van der Waals surface area (Å²) in [6, 6.07) is 3.50. The molecule has 7 heteroatoms. The van der Waals surface area contributed by atoms with E-state index in [1.54, 1.807) is 6.07 Å². The van der Waals surface area contributed by atoms with Gasteiger partial charge in [-0.05, 0) is 36.5 Å². The number of amides is 1. The van der Waals surface area contributed by atoms with Gasteiger partial charge in [-0.3, -0.25) is 9.59 Å². The number of aromatic nitrogens is 1. The van der Waals surface area contributed by atoms with Crippen molar-refractivity contribution in [3.8, 4) is 5.75 Å². The predicted molar refractivity (Wildman–Crippen MR) is 113 cm³/mol. The van der Waals surface area contributed by atoms with Crippen molar-refractivity contribution in [1.29, 1.82) is 0 Å². The number of Topliss-reactive ketones (excluding diaryl/α,β-unsaturated/α-hetero) is 1. The molecule has 1 saturated carbocycles. The van der Waals surface area contributed by atoms with Gasteiger partial charge in [-0.15, -0.1) is 0 Å². The second kappa shape index (κ2) is 9.78. The van der Waals surface area contributed by atoms with E-state index in [0.29, 0.717) is 23.6 Å². The Morgan fingerprint density at radius 3 is 2.47 bits per heavy atom. The summed E-state index contributed by atoms with van der Waals surface area (Å²) in [7, 11) is 1.28. The normalized spacial score (nSPS) is 15.0. The van der Waals surface area contributed by atoms with Gasteiger partial charge in [-0.2, -0.15) is 0 Å². The minimum absolute atomic E-state index is 0.286. The van der Waals surface area contributed by atoms with E-state index in [0.717, 1.165) is 30.5 Å². The molecule has 2 N–H and O–H groups in total. The maximum Gasteiger partial charge on any atom is 0.343 e. The van der Waals surface area contributed by atoms with Crippen molar-refractivity contribution in [2.45, 2.75) is 58.3 Å². The van der Waals surface area contributed by atoms with Crippen LogP contribution in [0.25, 0.3) is 5.52 Å². The fraction of sp³-hybridized carbons (Fsp3) is 0.522. The van der Waals surface area contributed by atoms with Crippen molar-refractivity contribution in [2.24, 2.45) is 11.7 Å². The molecule has 30 heavy (non-hydrogen) atoms. The van der Waals surface area contributed by atoms with Crippen LogP contribution in [0.2, 0.25) is 0 Å². The molecule has 1 amide bonds. The van der Waals surface area contributed by atoms with Gasteiger partial charge < -0.3 is 19.6 Å². The topological polar surface area (TPSA) is 100 Å². The van der Waals surface area contributed by atoms with E-state index in [9.17, 15) is 14.4 Å². The molecule has 0 bridgehead atoms. The first-order chi connectivity index (χ1) is 14.5. The van der Waals surface area contributed by atoms with Crippen LogP contribution in [0.15, 0.2) is 18.3 Å². The van der Waals surface area contributed by atoms with Gasteiger partial charge in [0.25, 0.3) is 11.7 Å². The number of carbonyl (C=O) groups is 3. The van der Waals surface area contributed by atoms with Crippen LogP contribution in [-0.2, 0) is 27.2 Å². The molecule has 3 rings (SSSR count). The summed E-state index contributed by atoms with van der Waals surface area (Å²) in [5, 5.41) is 0. The van der Waals surface area contributed by atoms with Crippen LogP contribution in [-0.4, -0.2) is 35.8 Å². The number of nitrogens with zero attached hydrogens (tertiary/aromatic N) is 1. The summed E-state index contributed by atoms with van der Waals surface area (Å²) in [5.41, 5.74) is 8.01. The average Bonchev–Trinajstić information content (AvgIpc) is 2.88. The molecule has 0 unspecified atom stereocenters. The first-order valence-corrected chi connectivity index (χ1v) is 10.7. The van der Waals surface area contributed by atoms with Gasteiger partial charge in [-0.25, -0.2) is 4.79 Å². The van der Waals surface area contributed by atoms with E-state index in [2.05, 4.69) is 4.74 Å². The van der Waals surface area contributed by atoms with Crippen molar-refractivity contribution >= 4 is 23.2 Å². The highest BCUT2D eigenvalue weighted by Crippen LogP contribution is 2.35. The predicted octanol–water partition coefficient (Wildman–Crippen LogP) is 3.23. The van der Waals surface area contributed by atoms with Crippen LogP contribution in [0.4, 0.5) is 0 Å². The zero-order valence-electron chi connectivity index (χ0n) is 17.7. The third-order valence-electron chi connectivity index (χ3n) is 5.97. The molecule has 2 aromatic heterocycles. The third-order valence-corrected chi connectivity index (χ3v) is 5.97. The fourth-order valence-corrected chi connectivity index (χ4v) is 4.51. The molecule has 1 fully saturated rings. The summed E-state index contributed by atoms with van der Waals surface area (Å²) in [6.07, 6.45) is 10.6. The second-order valence-corrected chi connectivity index (χ2v) is 7.86. The van der Waals surface area contributed by atoms with Crippen molar-refractivity contribution in [2.75, 3.05) is 13.7 Å². The van der Waals surface area contributed by atoms with Crippen LogP contribution in [0.3, 0.4) is 0 Å². The van der Waals surface area contributed by atoms with Gasteiger partial charge in [0.15, 0.2) is 6.61 Å². The Balaban J connectivity index is 2.14. The lowest BCUT2D eigenvalue weighted by atomic mass is 9.92. The van der Waals surface area contributed by atoms with Crippen molar-refractivity contribution in [3.63, 3.8) is 0 Å². The lowest BCUT2D eigenvalue weighted by Gasteiger charge is -2.16. The maximum atomic E-state index is 12.8. The molecule has 0 spiro atoms. The number of ketones is 1. The number of carbonyl (C=O) groups excluding carboxylic acids is 3. The molecule has 2 aromatic rings. The minimum Gasteiger partial charge on any atom is -0.480 e. The average molecular weight is 415 g/mol. The summed E-state index contributed by atoms with van der Waals surface area (Å²) < 4.78 is 12.3. The Kier molecular flexibility index (Phi) is 7.13. The van der Waals surface area contributed by atoms with E-state index in [-0.39, 0.29) is 12.2 Å². The molecular weight excluding hydrogens is 384 g/mol. The van der Waals surface area contributed by atoms with Crippen LogP contribution >= 0.6 is 0 Å². The Hall–Kier alpha value is -2.83. The second-order valence-electron chi connectivity index (χ2n) is 7.86. The Morgan fingerprint density at radius 1 is 1.17 bits per heavy atom. The molecule has 0 aromatic carbocycles. The molecule has 1 aliphatic rings. The van der Waals surface area contributed by atoms with Crippen molar-refractivity contribution in [1.82, 2.24) is 4.40 Å². The standard InChI is InChI=1S/C23H30N2O5/c1-3-16-17(13-15-9-6-4-5-7-10-15)25-12-8-11-18(30-14-19(26)29-2)21(25)20(16)22(27)23(24)28/h8,11-12,15H,3-7,9-10,13-14H2,1-2H3,(H2,24,28). The zero-order chi connectivity index (χ0) is 21.7. The Bertz CT molecular complexity index is 939. The number of ether oxygens (including phenoxy) is 2. The van der Waals surface area contributed by atoms with Crippen molar-refractivity contribution < 1.29 is 23.9 Å². The fourth-order valence-electron chi connectivity index (χ4n) is 4.51. The van der Waals surface area contributed by atoms with E-state index in [1.165, 1.54) is 32.8 Å². The number of primary amides is 1. The number of methoxy groups -OCH3 is 1.